The highest BCUT2D eigenvalue weighted by Gasteiger charge is 2.33. The van der Waals surface area contributed by atoms with Gasteiger partial charge < -0.3 is 11.1 Å². The summed E-state index contributed by atoms with van der Waals surface area (Å²) < 4.78 is 59.1. The van der Waals surface area contributed by atoms with Crippen molar-refractivity contribution in [1.82, 2.24) is 5.32 Å². The highest BCUT2D eigenvalue weighted by atomic mass is 32.2. The summed E-state index contributed by atoms with van der Waals surface area (Å²) in [4.78, 5) is 25.4. The first-order valence-corrected chi connectivity index (χ1v) is 17.6. The average molecular weight is 631 g/mol. The molecule has 0 aromatic heterocycles. The molecule has 0 radical (unpaired) electrons. The number of allylic oxidation sites excluding steroid dienone is 1. The van der Waals surface area contributed by atoms with Gasteiger partial charge in [0.1, 0.15) is 4.91 Å². The van der Waals surface area contributed by atoms with Crippen LogP contribution in [0.15, 0.2) is 34.4 Å². The number of unbranched alkanes of at least 4 members (excludes halogenated alkanes) is 7. The van der Waals surface area contributed by atoms with E-state index in [9.17, 15) is 26.4 Å². The topological polar surface area (TPSA) is 159 Å². The molecule has 0 fully saturated rings. The van der Waals surface area contributed by atoms with Crippen molar-refractivity contribution in [3.8, 4) is 0 Å². The fraction of sp³-hybridized carbons (Fsp3) is 0.733. The molecule has 3 N–H and O–H groups in total. The van der Waals surface area contributed by atoms with Gasteiger partial charge in [-0.25, -0.2) is 0 Å². The predicted octanol–water partition coefficient (Wildman–Crippen LogP) is 4.63. The molecule has 0 aliphatic rings. The summed E-state index contributed by atoms with van der Waals surface area (Å²) in [7, 11) is -6.01. The maximum Gasteiger partial charge on any atom is 0.301 e. The van der Waals surface area contributed by atoms with E-state index >= 15 is 0 Å². The van der Waals surface area contributed by atoms with Crippen molar-refractivity contribution in [2.75, 3.05) is 20.0 Å². The van der Waals surface area contributed by atoms with Crippen LogP contribution in [0.1, 0.15) is 97.8 Å². The summed E-state index contributed by atoms with van der Waals surface area (Å²) in [5.41, 5.74) is 15.2. The second-order valence-corrected chi connectivity index (χ2v) is 13.9. The molecule has 0 spiro atoms. The number of nitrogens with one attached hydrogen (secondary N) is 1. The summed E-state index contributed by atoms with van der Waals surface area (Å²) in [5, 5.41) is 2.84. The Morgan fingerprint density at radius 1 is 0.881 bits per heavy atom. The molecular formula is C30H50N2O8S2. The lowest BCUT2D eigenvalue weighted by atomic mass is 9.85. The molecule has 0 rings (SSSR count). The molecule has 0 heterocycles. The van der Waals surface area contributed by atoms with E-state index in [1.807, 2.05) is 0 Å². The van der Waals surface area contributed by atoms with Gasteiger partial charge in [-0.1, -0.05) is 77.9 Å². The largest absolute Gasteiger partial charge is 0.369 e. The molecule has 0 aromatic rings. The number of carbonyl (C=O) groups is 2. The van der Waals surface area contributed by atoms with E-state index in [4.69, 9.17) is 5.73 Å². The van der Waals surface area contributed by atoms with E-state index in [2.05, 4.69) is 50.1 Å². The molecule has 0 aliphatic carbocycles. The number of primary amides is 1. The van der Waals surface area contributed by atoms with Crippen molar-refractivity contribution in [2.24, 2.45) is 23.5 Å². The lowest BCUT2D eigenvalue weighted by molar-refractivity contribution is -0.128. The van der Waals surface area contributed by atoms with E-state index in [0.29, 0.717) is 19.3 Å². The Hall–Kier alpha value is -2.38. The highest BCUT2D eigenvalue weighted by Crippen LogP contribution is 2.29. The van der Waals surface area contributed by atoms with E-state index in [1.165, 1.54) is 19.3 Å². The summed E-state index contributed by atoms with van der Waals surface area (Å²) in [6, 6.07) is -0.729. The monoisotopic (exact) mass is 630 g/mol. The van der Waals surface area contributed by atoms with Crippen LogP contribution in [0.4, 0.5) is 0 Å². The fourth-order valence-electron chi connectivity index (χ4n) is 4.69. The van der Waals surface area contributed by atoms with Gasteiger partial charge in [0.25, 0.3) is 10.1 Å². The predicted molar refractivity (Wildman–Crippen MR) is 164 cm³/mol. The van der Waals surface area contributed by atoms with Gasteiger partial charge in [0.2, 0.25) is 11.8 Å². The number of hydrogen-bond donors (Lipinski definition) is 2. The first-order chi connectivity index (χ1) is 19.8. The smallest absolute Gasteiger partial charge is 0.301 e. The van der Waals surface area contributed by atoms with Crippen molar-refractivity contribution in [3.63, 3.8) is 0 Å². The Morgan fingerprint density at radius 3 is 1.98 bits per heavy atom. The summed E-state index contributed by atoms with van der Waals surface area (Å²) in [6.07, 6.45) is 9.31. The van der Waals surface area contributed by atoms with E-state index in [-0.39, 0.29) is 17.7 Å². The normalized spacial score (nSPS) is 14.3. The molecule has 2 amide bonds. The third-order valence-corrected chi connectivity index (χ3v) is 9.96. The maximum atomic E-state index is 13.6. The highest BCUT2D eigenvalue weighted by molar-refractivity contribution is 7.90. The second kappa shape index (κ2) is 21.3. The van der Waals surface area contributed by atoms with Crippen molar-refractivity contribution < 1.29 is 34.8 Å². The average Bonchev–Trinajstić information content (AvgIpc) is 2.93. The molecule has 0 saturated heterocycles. The van der Waals surface area contributed by atoms with Crippen molar-refractivity contribution in [2.45, 2.75) is 104 Å². The number of amides is 2. The van der Waals surface area contributed by atoms with Gasteiger partial charge in [-0.15, -0.1) is 0 Å². The summed E-state index contributed by atoms with van der Waals surface area (Å²) >= 11 is 0. The van der Waals surface area contributed by atoms with Gasteiger partial charge in [-0.05, 0) is 49.5 Å². The van der Waals surface area contributed by atoms with Crippen molar-refractivity contribution >= 4 is 32.1 Å². The van der Waals surface area contributed by atoms with Crippen molar-refractivity contribution in [1.29, 1.82) is 0 Å². The van der Waals surface area contributed by atoms with Gasteiger partial charge in [0.15, 0.2) is 0 Å². The zero-order valence-electron chi connectivity index (χ0n) is 25.9. The van der Waals surface area contributed by atoms with E-state index in [1.54, 1.807) is 13.8 Å². The van der Waals surface area contributed by atoms with Crippen LogP contribution < -0.4 is 11.1 Å². The number of rotatable bonds is 23. The third-order valence-electron chi connectivity index (χ3n) is 7.16. The Kier molecular flexibility index (Phi) is 20.1. The lowest BCUT2D eigenvalue weighted by Gasteiger charge is -2.26. The first-order valence-electron chi connectivity index (χ1n) is 14.6. The van der Waals surface area contributed by atoms with Crippen LogP contribution >= 0.6 is 0 Å². The van der Waals surface area contributed by atoms with Gasteiger partial charge in [0.05, 0.1) is 20.0 Å². The van der Waals surface area contributed by atoms with Crippen LogP contribution in [0.2, 0.25) is 0 Å². The number of nitrogens with two attached hydrogens (primary N) is 1. The van der Waals surface area contributed by atoms with E-state index in [0.717, 1.165) is 39.9 Å². The van der Waals surface area contributed by atoms with Gasteiger partial charge in [-0.2, -0.15) is 16.8 Å². The Morgan fingerprint density at radius 2 is 1.48 bits per heavy atom. The summed E-state index contributed by atoms with van der Waals surface area (Å²) in [6.45, 7) is 8.85. The minimum atomic E-state index is -4.20. The minimum Gasteiger partial charge on any atom is -0.369 e. The van der Waals surface area contributed by atoms with Crippen LogP contribution in [0, 0.1) is 17.8 Å². The Balaban J connectivity index is 6.04. The molecule has 10 nitrogen and oxygen atoms in total. The minimum absolute atomic E-state index is 0.0124. The quantitative estimate of drug-likeness (QED) is 0.0939. The SMILES string of the molecule is C=C=C=C=C=C(C(C)CC(CC(CC)C(N)=O)C(=O)NC(CCCCCCCCCC)CS(=O)(=O)OC)S(=O)(=O)OC. The van der Waals surface area contributed by atoms with E-state index < -0.39 is 61.6 Å². The molecule has 0 bridgehead atoms. The zero-order chi connectivity index (χ0) is 32.2. The van der Waals surface area contributed by atoms with Crippen LogP contribution in [-0.2, 0) is 38.2 Å². The first kappa shape index (κ1) is 39.6. The van der Waals surface area contributed by atoms with Gasteiger partial charge >= 0.3 is 10.1 Å². The molecule has 0 saturated carbocycles. The van der Waals surface area contributed by atoms with Crippen LogP contribution in [0.5, 0.6) is 0 Å². The second-order valence-electron chi connectivity index (χ2n) is 10.5. The molecule has 42 heavy (non-hydrogen) atoms. The maximum absolute atomic E-state index is 13.6. The van der Waals surface area contributed by atoms with Gasteiger partial charge in [-0.3, -0.25) is 18.0 Å². The Labute approximate surface area is 253 Å². The molecule has 0 aromatic carbocycles. The molecule has 0 aliphatic heterocycles. The third kappa shape index (κ3) is 16.3. The number of hydrogen-bond acceptors (Lipinski definition) is 8. The molecular weight excluding hydrogens is 580 g/mol. The zero-order valence-corrected chi connectivity index (χ0v) is 27.5. The van der Waals surface area contributed by atoms with Crippen LogP contribution in [-0.4, -0.2) is 54.7 Å². The van der Waals surface area contributed by atoms with Crippen molar-refractivity contribution in [3.05, 3.63) is 34.4 Å². The molecule has 4 unspecified atom stereocenters. The fourth-order valence-corrected chi connectivity index (χ4v) is 6.51. The standard InChI is InChI=1S/C30H50N2O8S2/c1-7-10-12-13-14-15-16-18-19-27(23-41(35,36)39-5)32-30(34)26(22-25(9-3)29(31)33)21-24(4)28(20-17-11-8-2)42(37,38)40-6/h24-27H,2,7,9-10,12-16,18-19,21-23H2,1,3-6H3,(H2,31,33)(H,32,34). The Bertz CT molecular complexity index is 1220. The number of carbonyl (C=O) groups excluding carboxylic acids is 2. The van der Waals surface area contributed by atoms with Gasteiger partial charge in [0, 0.05) is 23.8 Å². The lowest BCUT2D eigenvalue weighted by Crippen LogP contribution is -2.44. The van der Waals surface area contributed by atoms with Crippen LogP contribution in [0.3, 0.4) is 0 Å². The molecule has 12 heteroatoms. The molecule has 4 atom stereocenters. The van der Waals surface area contributed by atoms with Crippen LogP contribution in [0.25, 0.3) is 0 Å². The molecule has 240 valence electrons. The summed E-state index contributed by atoms with van der Waals surface area (Å²) in [5.74, 6) is -3.80.